The Morgan fingerprint density at radius 3 is 2.59 bits per heavy atom. The number of phenolic OH excluding ortho intramolecular Hbond substituents is 1. The van der Waals surface area contributed by atoms with Crippen LogP contribution in [0.2, 0.25) is 0 Å². The van der Waals surface area contributed by atoms with Crippen LogP contribution < -0.4 is 10.9 Å². The second kappa shape index (κ2) is 6.24. The smallest absolute Gasteiger partial charge is 0.325 e. The summed E-state index contributed by atoms with van der Waals surface area (Å²) in [4.78, 5) is 13.5. The molecule has 22 heavy (non-hydrogen) atoms. The second-order valence-electron chi connectivity index (χ2n) is 6.44. The number of benzene rings is 1. The lowest BCUT2D eigenvalue weighted by molar-refractivity contribution is -0.143. The van der Waals surface area contributed by atoms with Crippen molar-refractivity contribution in [1.29, 1.82) is 0 Å². The van der Waals surface area contributed by atoms with E-state index < -0.39 is 12.0 Å². The van der Waals surface area contributed by atoms with Crippen LogP contribution in [0.3, 0.4) is 0 Å². The molecule has 1 aromatic rings. The second-order valence-corrected chi connectivity index (χ2v) is 6.44. The van der Waals surface area contributed by atoms with E-state index in [1.807, 2.05) is 11.9 Å². The van der Waals surface area contributed by atoms with Crippen LogP contribution >= 0.6 is 0 Å². The number of hydrogen-bond donors (Lipinski definition) is 4. The highest BCUT2D eigenvalue weighted by Gasteiger charge is 2.37. The van der Waals surface area contributed by atoms with Crippen LogP contribution in [0.5, 0.6) is 5.75 Å². The summed E-state index contributed by atoms with van der Waals surface area (Å²) in [7, 11) is 1.83. The zero-order chi connectivity index (χ0) is 15.7. The molecule has 1 aromatic carbocycles. The lowest BCUT2D eigenvalue weighted by atomic mass is 10.0. The Balaban J connectivity index is 1.63. The minimum absolute atomic E-state index is 0.143. The standard InChI is InChI=1S/C16H23N3O3/c1-19(9-12-8-14(18-17-12)10-2-3-10)15(16(21)22)11-4-6-13(20)7-5-11/h4-7,10,12,14-15,17-18,20H,2-3,8-9H2,1H3,(H,21,22). The van der Waals surface area contributed by atoms with Gasteiger partial charge in [-0.1, -0.05) is 12.1 Å². The van der Waals surface area contributed by atoms with Gasteiger partial charge < -0.3 is 10.2 Å². The number of phenols is 1. The number of likely N-dealkylation sites (N-methyl/N-ethyl adjacent to an activating group) is 1. The van der Waals surface area contributed by atoms with Crippen LogP contribution in [0.4, 0.5) is 0 Å². The lowest BCUT2D eigenvalue weighted by Crippen LogP contribution is -2.42. The van der Waals surface area contributed by atoms with Crippen molar-refractivity contribution in [1.82, 2.24) is 15.8 Å². The number of aromatic hydroxyl groups is 1. The van der Waals surface area contributed by atoms with E-state index in [0.29, 0.717) is 18.2 Å². The first kappa shape index (κ1) is 15.3. The van der Waals surface area contributed by atoms with Gasteiger partial charge in [-0.15, -0.1) is 0 Å². The van der Waals surface area contributed by atoms with Gasteiger partial charge in [0.1, 0.15) is 11.8 Å². The van der Waals surface area contributed by atoms with E-state index in [-0.39, 0.29) is 11.8 Å². The first-order valence-corrected chi connectivity index (χ1v) is 7.77. The van der Waals surface area contributed by atoms with Gasteiger partial charge in [0.05, 0.1) is 0 Å². The fraction of sp³-hybridized carbons (Fsp3) is 0.562. The molecule has 2 fully saturated rings. The third kappa shape index (κ3) is 3.40. The molecular weight excluding hydrogens is 282 g/mol. The van der Waals surface area contributed by atoms with Gasteiger partial charge in [0.2, 0.25) is 0 Å². The van der Waals surface area contributed by atoms with Crippen LogP contribution in [0.15, 0.2) is 24.3 Å². The average molecular weight is 305 g/mol. The molecule has 0 spiro atoms. The largest absolute Gasteiger partial charge is 0.508 e. The van der Waals surface area contributed by atoms with E-state index in [1.54, 1.807) is 12.1 Å². The van der Waals surface area contributed by atoms with Gasteiger partial charge in [0.15, 0.2) is 0 Å². The Hall–Kier alpha value is -1.63. The Morgan fingerprint density at radius 2 is 2.00 bits per heavy atom. The maximum atomic E-state index is 11.6. The number of hydrogen-bond acceptors (Lipinski definition) is 5. The molecule has 0 radical (unpaired) electrons. The monoisotopic (exact) mass is 305 g/mol. The van der Waals surface area contributed by atoms with Gasteiger partial charge in [-0.25, -0.2) is 0 Å². The topological polar surface area (TPSA) is 84.8 Å². The van der Waals surface area contributed by atoms with Crippen molar-refractivity contribution in [2.24, 2.45) is 5.92 Å². The number of nitrogens with zero attached hydrogens (tertiary/aromatic N) is 1. The molecule has 3 rings (SSSR count). The Labute approximate surface area is 130 Å². The van der Waals surface area contributed by atoms with Gasteiger partial charge >= 0.3 is 5.97 Å². The summed E-state index contributed by atoms with van der Waals surface area (Å²) in [5, 5.41) is 18.9. The van der Waals surface area contributed by atoms with E-state index in [2.05, 4.69) is 10.9 Å². The molecule has 6 nitrogen and oxygen atoms in total. The van der Waals surface area contributed by atoms with Crippen molar-refractivity contribution >= 4 is 5.97 Å². The summed E-state index contributed by atoms with van der Waals surface area (Å²) in [6, 6.07) is 6.46. The number of nitrogens with one attached hydrogen (secondary N) is 2. The van der Waals surface area contributed by atoms with E-state index in [0.717, 1.165) is 12.3 Å². The van der Waals surface area contributed by atoms with Crippen molar-refractivity contribution < 1.29 is 15.0 Å². The molecule has 3 atom stereocenters. The molecule has 2 aliphatic rings. The summed E-state index contributed by atoms with van der Waals surface area (Å²) < 4.78 is 0. The molecule has 6 heteroatoms. The highest BCUT2D eigenvalue weighted by atomic mass is 16.4. The van der Waals surface area contributed by atoms with Crippen molar-refractivity contribution in [3.05, 3.63) is 29.8 Å². The Kier molecular flexibility index (Phi) is 4.33. The zero-order valence-electron chi connectivity index (χ0n) is 12.7. The highest BCUT2D eigenvalue weighted by molar-refractivity contribution is 5.75. The van der Waals surface area contributed by atoms with Crippen LogP contribution in [0.25, 0.3) is 0 Å². The summed E-state index contributed by atoms with van der Waals surface area (Å²) in [6.45, 7) is 0.661. The molecule has 1 aliphatic heterocycles. The number of carbonyl (C=O) groups is 1. The van der Waals surface area contributed by atoms with Crippen molar-refractivity contribution in [3.63, 3.8) is 0 Å². The molecule has 1 aliphatic carbocycles. The van der Waals surface area contributed by atoms with Crippen molar-refractivity contribution in [3.8, 4) is 5.75 Å². The number of aliphatic carboxylic acids is 1. The predicted molar refractivity (Wildman–Crippen MR) is 82.3 cm³/mol. The van der Waals surface area contributed by atoms with Crippen LogP contribution in [-0.2, 0) is 4.79 Å². The lowest BCUT2D eigenvalue weighted by Gasteiger charge is -2.27. The minimum atomic E-state index is -0.877. The van der Waals surface area contributed by atoms with Gasteiger partial charge in [-0.05, 0) is 49.9 Å². The van der Waals surface area contributed by atoms with Gasteiger partial charge in [0, 0.05) is 18.6 Å². The predicted octanol–water partition coefficient (Wildman–Crippen LogP) is 1.09. The molecule has 4 N–H and O–H groups in total. The number of hydrazine groups is 1. The van der Waals surface area contributed by atoms with E-state index >= 15 is 0 Å². The van der Waals surface area contributed by atoms with Crippen molar-refractivity contribution in [2.45, 2.75) is 37.4 Å². The maximum absolute atomic E-state index is 11.6. The average Bonchev–Trinajstić information content (AvgIpc) is 3.22. The normalized spacial score (nSPS) is 26.3. The fourth-order valence-corrected chi connectivity index (χ4v) is 3.27. The van der Waals surface area contributed by atoms with Gasteiger partial charge in [-0.3, -0.25) is 20.5 Å². The molecule has 0 aromatic heterocycles. The SMILES string of the molecule is CN(CC1CC(C2CC2)NN1)C(C(=O)O)c1ccc(O)cc1. The summed E-state index contributed by atoms with van der Waals surface area (Å²) >= 11 is 0. The third-order valence-corrected chi connectivity index (χ3v) is 4.59. The number of carboxylic acids is 1. The molecule has 3 unspecified atom stereocenters. The zero-order valence-corrected chi connectivity index (χ0v) is 12.7. The van der Waals surface area contributed by atoms with Crippen molar-refractivity contribution in [2.75, 3.05) is 13.6 Å². The van der Waals surface area contributed by atoms with Gasteiger partial charge in [-0.2, -0.15) is 0 Å². The van der Waals surface area contributed by atoms with Crippen LogP contribution in [0, 0.1) is 5.92 Å². The molecule has 1 heterocycles. The summed E-state index contributed by atoms with van der Waals surface area (Å²) in [5.41, 5.74) is 7.30. The summed E-state index contributed by atoms with van der Waals surface area (Å²) in [5.74, 6) is 0.0533. The van der Waals surface area contributed by atoms with Crippen LogP contribution in [0.1, 0.15) is 30.9 Å². The Bertz CT molecular complexity index is 530. The van der Waals surface area contributed by atoms with E-state index in [4.69, 9.17) is 0 Å². The minimum Gasteiger partial charge on any atom is -0.508 e. The first-order valence-electron chi connectivity index (χ1n) is 7.77. The highest BCUT2D eigenvalue weighted by Crippen LogP contribution is 2.35. The fourth-order valence-electron chi connectivity index (χ4n) is 3.27. The quantitative estimate of drug-likeness (QED) is 0.630. The number of carboxylic acid groups (broad SMARTS) is 1. The third-order valence-electron chi connectivity index (χ3n) is 4.59. The molecule has 1 saturated carbocycles. The van der Waals surface area contributed by atoms with E-state index in [9.17, 15) is 15.0 Å². The first-order chi connectivity index (χ1) is 10.5. The van der Waals surface area contributed by atoms with Crippen LogP contribution in [-0.4, -0.2) is 46.8 Å². The maximum Gasteiger partial charge on any atom is 0.325 e. The molecule has 1 saturated heterocycles. The van der Waals surface area contributed by atoms with Gasteiger partial charge in [0.25, 0.3) is 0 Å². The summed E-state index contributed by atoms with van der Waals surface area (Å²) in [6.07, 6.45) is 3.64. The molecule has 120 valence electrons. The van der Waals surface area contributed by atoms with E-state index in [1.165, 1.54) is 25.0 Å². The Morgan fingerprint density at radius 1 is 1.32 bits per heavy atom. The number of rotatable bonds is 6. The molecule has 0 bridgehead atoms. The molecular formula is C16H23N3O3. The molecule has 0 amide bonds.